The summed E-state index contributed by atoms with van der Waals surface area (Å²) in [5.41, 5.74) is 1.40. The van der Waals surface area contributed by atoms with E-state index in [1.165, 1.54) is 16.3 Å². The van der Waals surface area contributed by atoms with Gasteiger partial charge in [0.05, 0.1) is 6.54 Å². The minimum Gasteiger partial charge on any atom is -0.306 e. The van der Waals surface area contributed by atoms with Crippen molar-refractivity contribution < 1.29 is 0 Å². The molecule has 1 nitrogen and oxygen atoms in total. The van der Waals surface area contributed by atoms with Crippen LogP contribution in [0.15, 0.2) is 42.5 Å². The van der Waals surface area contributed by atoms with Gasteiger partial charge in [-0.2, -0.15) is 0 Å². The Morgan fingerprint density at radius 2 is 1.83 bits per heavy atom. The number of nitrogens with one attached hydrogen (secondary N) is 1. The van der Waals surface area contributed by atoms with Gasteiger partial charge in [-0.25, -0.2) is 0 Å². The van der Waals surface area contributed by atoms with Crippen molar-refractivity contribution >= 4 is 23.2 Å². The summed E-state index contributed by atoms with van der Waals surface area (Å²) in [6.07, 6.45) is 1.05. The fourth-order valence-electron chi connectivity index (χ4n) is 1.97. The highest BCUT2D eigenvalue weighted by Crippen LogP contribution is 2.18. The Hall–Kier alpha value is -1.49. The second-order valence-electron chi connectivity index (χ2n) is 3.99. The summed E-state index contributed by atoms with van der Waals surface area (Å²) >= 11 is 0. The zero-order valence-corrected chi connectivity index (χ0v) is 11.4. The summed E-state index contributed by atoms with van der Waals surface area (Å²) in [5, 5.41) is 6.00. The second-order valence-corrected chi connectivity index (χ2v) is 3.99. The second kappa shape index (κ2) is 7.76. The van der Waals surface area contributed by atoms with E-state index in [0.29, 0.717) is 0 Å². The quantitative estimate of drug-likeness (QED) is 0.655. The normalized spacial score (nSPS) is 9.39. The predicted molar refractivity (Wildman–Crippen MR) is 81.2 cm³/mol. The fourth-order valence-corrected chi connectivity index (χ4v) is 1.97. The smallest absolute Gasteiger partial charge is 0.0576 e. The number of rotatable bonds is 4. The van der Waals surface area contributed by atoms with E-state index in [2.05, 4.69) is 59.6 Å². The van der Waals surface area contributed by atoms with E-state index in [4.69, 9.17) is 0 Å². The summed E-state index contributed by atoms with van der Waals surface area (Å²) < 4.78 is 0. The summed E-state index contributed by atoms with van der Waals surface area (Å²) in [6, 6.07) is 15.0. The minimum absolute atomic E-state index is 0. The number of benzene rings is 2. The molecule has 0 bridgehead atoms. The molecule has 0 saturated heterocycles. The van der Waals surface area contributed by atoms with Gasteiger partial charge in [0, 0.05) is 6.54 Å². The summed E-state index contributed by atoms with van der Waals surface area (Å²) in [6.45, 7) is 3.62. The molecular weight excluding hydrogens is 242 g/mol. The van der Waals surface area contributed by atoms with Crippen molar-refractivity contribution in [2.75, 3.05) is 13.1 Å². The zero-order chi connectivity index (χ0) is 11.9. The first-order valence-electron chi connectivity index (χ1n) is 5.99. The van der Waals surface area contributed by atoms with Crippen molar-refractivity contribution in [3.63, 3.8) is 0 Å². The van der Waals surface area contributed by atoms with Gasteiger partial charge in [-0.1, -0.05) is 48.4 Å². The van der Waals surface area contributed by atoms with E-state index >= 15 is 0 Å². The molecule has 1 N–H and O–H groups in total. The van der Waals surface area contributed by atoms with Crippen LogP contribution in [0.2, 0.25) is 0 Å². The van der Waals surface area contributed by atoms with Gasteiger partial charge in [0.1, 0.15) is 0 Å². The third kappa shape index (κ3) is 3.77. The highest BCUT2D eigenvalue weighted by molar-refractivity contribution is 5.86. The van der Waals surface area contributed by atoms with Crippen LogP contribution in [0.3, 0.4) is 0 Å². The Kier molecular flexibility index (Phi) is 6.28. The highest BCUT2D eigenvalue weighted by atomic mass is 35.5. The SMILES string of the molecule is CC#CCNCCc1cccc2ccccc12.Cl. The summed E-state index contributed by atoms with van der Waals surface area (Å²) in [5.74, 6) is 5.89. The average Bonchev–Trinajstić information content (AvgIpc) is 2.39. The van der Waals surface area contributed by atoms with Crippen LogP contribution in [0.25, 0.3) is 10.8 Å². The summed E-state index contributed by atoms with van der Waals surface area (Å²) in [4.78, 5) is 0. The van der Waals surface area contributed by atoms with Crippen molar-refractivity contribution in [1.82, 2.24) is 5.32 Å². The first-order valence-corrected chi connectivity index (χ1v) is 5.99. The Labute approximate surface area is 115 Å². The van der Waals surface area contributed by atoms with E-state index in [0.717, 1.165) is 19.5 Å². The molecule has 0 heterocycles. The van der Waals surface area contributed by atoms with E-state index < -0.39 is 0 Å². The molecule has 94 valence electrons. The Balaban J connectivity index is 0.00000162. The van der Waals surface area contributed by atoms with Crippen LogP contribution >= 0.6 is 12.4 Å². The molecule has 2 aromatic carbocycles. The maximum absolute atomic E-state index is 3.33. The molecule has 0 atom stereocenters. The average molecular weight is 260 g/mol. The molecule has 0 amide bonds. The predicted octanol–water partition coefficient (Wildman–Crippen LogP) is 3.42. The molecule has 0 aliphatic heterocycles. The molecule has 2 aromatic rings. The number of halogens is 1. The van der Waals surface area contributed by atoms with Gasteiger partial charge in [-0.15, -0.1) is 18.3 Å². The van der Waals surface area contributed by atoms with E-state index in [1.54, 1.807) is 0 Å². The molecule has 0 radical (unpaired) electrons. The maximum Gasteiger partial charge on any atom is 0.0576 e. The van der Waals surface area contributed by atoms with Gasteiger partial charge in [-0.3, -0.25) is 0 Å². The number of hydrogen-bond donors (Lipinski definition) is 1. The molecule has 2 rings (SSSR count). The first-order chi connectivity index (χ1) is 8.42. The van der Waals surface area contributed by atoms with Crippen LogP contribution in [-0.2, 0) is 6.42 Å². The minimum atomic E-state index is 0. The van der Waals surface area contributed by atoms with Gasteiger partial charge >= 0.3 is 0 Å². The van der Waals surface area contributed by atoms with E-state index in [1.807, 2.05) is 6.92 Å². The van der Waals surface area contributed by atoms with Gasteiger partial charge in [-0.05, 0) is 29.7 Å². The molecule has 0 fully saturated rings. The topological polar surface area (TPSA) is 12.0 Å². The Morgan fingerprint density at radius 3 is 2.67 bits per heavy atom. The number of hydrogen-bond acceptors (Lipinski definition) is 1. The van der Waals surface area contributed by atoms with Crippen LogP contribution in [-0.4, -0.2) is 13.1 Å². The molecular formula is C16H18ClN. The highest BCUT2D eigenvalue weighted by Gasteiger charge is 1.98. The molecule has 0 unspecified atom stereocenters. The fraction of sp³-hybridized carbons (Fsp3) is 0.250. The standard InChI is InChI=1S/C16H17N.ClH/c1-2-3-12-17-13-11-15-9-6-8-14-7-4-5-10-16(14)15;/h4-10,17H,11-13H2,1H3;1H. The first kappa shape index (κ1) is 14.6. The maximum atomic E-state index is 3.33. The Morgan fingerprint density at radius 1 is 1.06 bits per heavy atom. The van der Waals surface area contributed by atoms with Crippen LogP contribution in [0, 0.1) is 11.8 Å². The molecule has 0 aromatic heterocycles. The van der Waals surface area contributed by atoms with E-state index in [9.17, 15) is 0 Å². The van der Waals surface area contributed by atoms with Crippen molar-refractivity contribution in [3.05, 3.63) is 48.0 Å². The van der Waals surface area contributed by atoms with Crippen LogP contribution in [0.1, 0.15) is 12.5 Å². The molecule has 2 heteroatoms. The Bertz CT molecular complexity index is 546. The molecule has 0 aliphatic rings. The van der Waals surface area contributed by atoms with Crippen LogP contribution < -0.4 is 5.32 Å². The third-order valence-corrected chi connectivity index (χ3v) is 2.84. The molecule has 0 spiro atoms. The lowest BCUT2D eigenvalue weighted by Crippen LogP contribution is -2.17. The van der Waals surface area contributed by atoms with Gasteiger partial charge < -0.3 is 5.32 Å². The van der Waals surface area contributed by atoms with Gasteiger partial charge in [0.25, 0.3) is 0 Å². The summed E-state index contributed by atoms with van der Waals surface area (Å²) in [7, 11) is 0. The van der Waals surface area contributed by atoms with E-state index in [-0.39, 0.29) is 12.4 Å². The van der Waals surface area contributed by atoms with Crippen molar-refractivity contribution in [2.24, 2.45) is 0 Å². The van der Waals surface area contributed by atoms with Crippen molar-refractivity contribution in [1.29, 1.82) is 0 Å². The lowest BCUT2D eigenvalue weighted by molar-refractivity contribution is 0.755. The van der Waals surface area contributed by atoms with Crippen LogP contribution in [0.5, 0.6) is 0 Å². The molecule has 18 heavy (non-hydrogen) atoms. The lowest BCUT2D eigenvalue weighted by Gasteiger charge is -2.06. The van der Waals surface area contributed by atoms with Gasteiger partial charge in [0.2, 0.25) is 0 Å². The van der Waals surface area contributed by atoms with Crippen LogP contribution in [0.4, 0.5) is 0 Å². The van der Waals surface area contributed by atoms with Gasteiger partial charge in [0.15, 0.2) is 0 Å². The molecule has 0 aliphatic carbocycles. The third-order valence-electron chi connectivity index (χ3n) is 2.84. The number of fused-ring (bicyclic) bond motifs is 1. The largest absolute Gasteiger partial charge is 0.306 e. The van der Waals surface area contributed by atoms with Crippen molar-refractivity contribution in [2.45, 2.75) is 13.3 Å². The lowest BCUT2D eigenvalue weighted by atomic mass is 10.0. The zero-order valence-electron chi connectivity index (χ0n) is 10.6. The monoisotopic (exact) mass is 259 g/mol. The van der Waals surface area contributed by atoms with Crippen molar-refractivity contribution in [3.8, 4) is 11.8 Å². The molecule has 0 saturated carbocycles.